The summed E-state index contributed by atoms with van der Waals surface area (Å²) in [5.41, 5.74) is 1.29. The molecule has 110 valence electrons. The van der Waals surface area contributed by atoms with Crippen molar-refractivity contribution in [2.75, 3.05) is 39.8 Å². The summed E-state index contributed by atoms with van der Waals surface area (Å²) in [6, 6.07) is 10.4. The molecule has 1 aromatic carbocycles. The van der Waals surface area contributed by atoms with E-state index in [0.717, 1.165) is 39.1 Å². The molecule has 0 aliphatic carbocycles. The Kier molecular flexibility index (Phi) is 6.02. The lowest BCUT2D eigenvalue weighted by Crippen LogP contribution is -2.45. The summed E-state index contributed by atoms with van der Waals surface area (Å²) < 4.78 is 4.84. The normalized spacial score (nSPS) is 17.6. The number of benzene rings is 1. The molecule has 20 heavy (non-hydrogen) atoms. The van der Waals surface area contributed by atoms with Crippen LogP contribution < -0.4 is 5.32 Å². The van der Waals surface area contributed by atoms with Gasteiger partial charge in [-0.2, -0.15) is 0 Å². The van der Waals surface area contributed by atoms with Crippen molar-refractivity contribution >= 4 is 5.97 Å². The number of nitrogens with one attached hydrogen (secondary N) is 1. The highest BCUT2D eigenvalue weighted by Crippen LogP contribution is 2.15. The molecule has 0 radical (unpaired) electrons. The van der Waals surface area contributed by atoms with Crippen LogP contribution in [-0.2, 0) is 16.0 Å². The van der Waals surface area contributed by atoms with Gasteiger partial charge in [-0.25, -0.2) is 0 Å². The van der Waals surface area contributed by atoms with Gasteiger partial charge in [0.25, 0.3) is 0 Å². The molecule has 0 bridgehead atoms. The maximum atomic E-state index is 11.6. The molecule has 2 rings (SSSR count). The highest BCUT2D eigenvalue weighted by molar-refractivity contribution is 5.69. The summed E-state index contributed by atoms with van der Waals surface area (Å²) in [4.78, 5) is 14.0. The molecule has 4 nitrogen and oxygen atoms in total. The first kappa shape index (κ1) is 15.0. The van der Waals surface area contributed by atoms with Crippen LogP contribution in [0.15, 0.2) is 30.3 Å². The first-order valence-electron chi connectivity index (χ1n) is 7.31. The molecular formula is C16H24N2O2. The SMILES string of the molecule is COC(=O)CC(Cc1ccccc1)CN1CCNCC1. The van der Waals surface area contributed by atoms with Crippen LogP contribution in [0.3, 0.4) is 0 Å². The maximum absolute atomic E-state index is 11.6. The van der Waals surface area contributed by atoms with Crippen LogP contribution in [0.4, 0.5) is 0 Å². The maximum Gasteiger partial charge on any atom is 0.305 e. The Morgan fingerprint density at radius 2 is 2.00 bits per heavy atom. The van der Waals surface area contributed by atoms with E-state index in [1.165, 1.54) is 12.7 Å². The predicted octanol–water partition coefficient (Wildman–Crippen LogP) is 1.31. The largest absolute Gasteiger partial charge is 0.469 e. The van der Waals surface area contributed by atoms with E-state index in [-0.39, 0.29) is 5.97 Å². The number of hydrogen-bond acceptors (Lipinski definition) is 4. The van der Waals surface area contributed by atoms with Gasteiger partial charge in [-0.1, -0.05) is 30.3 Å². The number of carbonyl (C=O) groups excluding carboxylic acids is 1. The van der Waals surface area contributed by atoms with Crippen molar-refractivity contribution in [1.82, 2.24) is 10.2 Å². The number of hydrogen-bond donors (Lipinski definition) is 1. The molecule has 1 fully saturated rings. The molecule has 1 heterocycles. The van der Waals surface area contributed by atoms with E-state index >= 15 is 0 Å². The first-order valence-corrected chi connectivity index (χ1v) is 7.31. The second-order valence-corrected chi connectivity index (χ2v) is 5.39. The minimum absolute atomic E-state index is 0.110. The minimum atomic E-state index is -0.110. The number of rotatable bonds is 6. The standard InChI is InChI=1S/C16H24N2O2/c1-20-16(19)12-15(11-14-5-3-2-4-6-14)13-18-9-7-17-8-10-18/h2-6,15,17H,7-13H2,1H3. The second kappa shape index (κ2) is 8.02. The van der Waals surface area contributed by atoms with Gasteiger partial charge in [0.05, 0.1) is 7.11 Å². The van der Waals surface area contributed by atoms with E-state index in [2.05, 4.69) is 34.5 Å². The van der Waals surface area contributed by atoms with E-state index in [9.17, 15) is 4.79 Å². The highest BCUT2D eigenvalue weighted by Gasteiger charge is 2.19. The summed E-state index contributed by atoms with van der Waals surface area (Å²) in [7, 11) is 1.47. The van der Waals surface area contributed by atoms with Crippen molar-refractivity contribution in [3.63, 3.8) is 0 Å². The zero-order chi connectivity index (χ0) is 14.2. The summed E-state index contributed by atoms with van der Waals surface area (Å²) in [5.74, 6) is 0.212. The van der Waals surface area contributed by atoms with Gasteiger partial charge < -0.3 is 15.0 Å². The molecule has 4 heteroatoms. The molecule has 1 aliphatic rings. The Hall–Kier alpha value is -1.39. The van der Waals surface area contributed by atoms with Gasteiger partial charge in [0, 0.05) is 39.1 Å². The Morgan fingerprint density at radius 3 is 2.65 bits per heavy atom. The lowest BCUT2D eigenvalue weighted by atomic mass is 9.95. The Bertz CT molecular complexity index is 402. The number of ether oxygens (including phenoxy) is 1. The zero-order valence-electron chi connectivity index (χ0n) is 12.2. The van der Waals surface area contributed by atoms with Crippen LogP contribution in [0.1, 0.15) is 12.0 Å². The van der Waals surface area contributed by atoms with Gasteiger partial charge in [0.15, 0.2) is 0 Å². The smallest absolute Gasteiger partial charge is 0.305 e. The van der Waals surface area contributed by atoms with Gasteiger partial charge in [0.1, 0.15) is 0 Å². The average Bonchev–Trinajstić information content (AvgIpc) is 2.49. The van der Waals surface area contributed by atoms with Crippen LogP contribution in [0, 0.1) is 5.92 Å². The fraction of sp³-hybridized carbons (Fsp3) is 0.562. The number of carbonyl (C=O) groups is 1. The lowest BCUT2D eigenvalue weighted by Gasteiger charge is -2.30. The first-order chi connectivity index (χ1) is 9.78. The molecule has 1 unspecified atom stereocenters. The van der Waals surface area contributed by atoms with Crippen LogP contribution in [0.25, 0.3) is 0 Å². The number of nitrogens with zero attached hydrogens (tertiary/aromatic N) is 1. The average molecular weight is 276 g/mol. The van der Waals surface area contributed by atoms with Crippen molar-refractivity contribution in [3.05, 3.63) is 35.9 Å². The van der Waals surface area contributed by atoms with Gasteiger partial charge in [-0.3, -0.25) is 4.79 Å². The van der Waals surface area contributed by atoms with Crippen molar-refractivity contribution in [3.8, 4) is 0 Å². The fourth-order valence-electron chi connectivity index (χ4n) is 2.73. The Balaban J connectivity index is 1.94. The third-order valence-electron chi connectivity index (χ3n) is 3.78. The quantitative estimate of drug-likeness (QED) is 0.796. The highest BCUT2D eigenvalue weighted by atomic mass is 16.5. The fourth-order valence-corrected chi connectivity index (χ4v) is 2.73. The van der Waals surface area contributed by atoms with Gasteiger partial charge >= 0.3 is 5.97 Å². The van der Waals surface area contributed by atoms with Crippen LogP contribution in [0.2, 0.25) is 0 Å². The van der Waals surface area contributed by atoms with Crippen molar-refractivity contribution in [1.29, 1.82) is 0 Å². The van der Waals surface area contributed by atoms with E-state index < -0.39 is 0 Å². The molecule has 1 atom stereocenters. The summed E-state index contributed by atoms with van der Waals surface area (Å²) in [6.45, 7) is 5.16. The third kappa shape index (κ3) is 4.94. The van der Waals surface area contributed by atoms with E-state index in [1.54, 1.807) is 0 Å². The van der Waals surface area contributed by atoms with E-state index in [0.29, 0.717) is 12.3 Å². The number of esters is 1. The molecule has 1 N–H and O–H groups in total. The Labute approximate surface area is 121 Å². The van der Waals surface area contributed by atoms with E-state index in [1.807, 2.05) is 6.07 Å². The molecule has 0 spiro atoms. The third-order valence-corrected chi connectivity index (χ3v) is 3.78. The van der Waals surface area contributed by atoms with Gasteiger partial charge in [-0.15, -0.1) is 0 Å². The number of methoxy groups -OCH3 is 1. The molecule has 1 aliphatic heterocycles. The van der Waals surface area contributed by atoms with E-state index in [4.69, 9.17) is 4.74 Å². The molecule has 0 saturated carbocycles. The van der Waals surface area contributed by atoms with Gasteiger partial charge in [0.2, 0.25) is 0 Å². The summed E-state index contributed by atoms with van der Waals surface area (Å²) in [5, 5.41) is 3.36. The molecule has 1 aromatic rings. The number of piperazine rings is 1. The molecule has 0 amide bonds. The Morgan fingerprint density at radius 1 is 1.30 bits per heavy atom. The predicted molar refractivity (Wildman–Crippen MR) is 79.6 cm³/mol. The lowest BCUT2D eigenvalue weighted by molar-refractivity contribution is -0.141. The van der Waals surface area contributed by atoms with Crippen molar-refractivity contribution < 1.29 is 9.53 Å². The van der Waals surface area contributed by atoms with Crippen molar-refractivity contribution in [2.24, 2.45) is 5.92 Å². The zero-order valence-corrected chi connectivity index (χ0v) is 12.2. The molecule has 0 aromatic heterocycles. The molecular weight excluding hydrogens is 252 g/mol. The second-order valence-electron chi connectivity index (χ2n) is 5.39. The van der Waals surface area contributed by atoms with Crippen LogP contribution >= 0.6 is 0 Å². The van der Waals surface area contributed by atoms with Gasteiger partial charge in [-0.05, 0) is 17.9 Å². The topological polar surface area (TPSA) is 41.6 Å². The summed E-state index contributed by atoms with van der Waals surface area (Å²) >= 11 is 0. The van der Waals surface area contributed by atoms with Crippen molar-refractivity contribution in [2.45, 2.75) is 12.8 Å². The monoisotopic (exact) mass is 276 g/mol. The minimum Gasteiger partial charge on any atom is -0.469 e. The summed E-state index contributed by atoms with van der Waals surface area (Å²) in [6.07, 6.45) is 1.43. The molecule has 1 saturated heterocycles. The van der Waals surface area contributed by atoms with Crippen LogP contribution in [0.5, 0.6) is 0 Å². The van der Waals surface area contributed by atoms with Crippen LogP contribution in [-0.4, -0.2) is 50.7 Å².